The highest BCUT2D eigenvalue weighted by molar-refractivity contribution is 7.10. The number of nitrogens with one attached hydrogen (secondary N) is 1. The third kappa shape index (κ3) is 5.09. The van der Waals surface area contributed by atoms with Crippen LogP contribution in [0, 0.1) is 0 Å². The van der Waals surface area contributed by atoms with Crippen LogP contribution in [0.15, 0.2) is 41.8 Å². The van der Waals surface area contributed by atoms with Gasteiger partial charge in [-0.2, -0.15) is 0 Å². The van der Waals surface area contributed by atoms with E-state index in [1.165, 1.54) is 18.4 Å². The first-order valence-corrected chi connectivity index (χ1v) is 8.62. The molecule has 0 fully saturated rings. The lowest BCUT2D eigenvalue weighted by Gasteiger charge is -2.17. The molecule has 1 atom stereocenters. The normalized spacial score (nSPS) is 11.6. The SMILES string of the molecule is CCc1ccccc1OCC(=O)NC(CC(=O)OC)c1cccs1. The van der Waals surface area contributed by atoms with E-state index in [9.17, 15) is 9.59 Å². The minimum Gasteiger partial charge on any atom is -0.483 e. The molecule has 0 saturated carbocycles. The molecule has 1 heterocycles. The summed E-state index contributed by atoms with van der Waals surface area (Å²) in [6, 6.07) is 11.0. The van der Waals surface area contributed by atoms with Gasteiger partial charge in [-0.3, -0.25) is 9.59 Å². The van der Waals surface area contributed by atoms with Gasteiger partial charge < -0.3 is 14.8 Å². The highest BCUT2D eigenvalue weighted by Gasteiger charge is 2.20. The fourth-order valence-corrected chi connectivity index (χ4v) is 3.06. The largest absolute Gasteiger partial charge is 0.483 e. The van der Waals surface area contributed by atoms with E-state index in [4.69, 9.17) is 9.47 Å². The van der Waals surface area contributed by atoms with Crippen molar-refractivity contribution in [1.29, 1.82) is 0 Å². The molecule has 0 aliphatic heterocycles. The van der Waals surface area contributed by atoms with Crippen LogP contribution >= 0.6 is 11.3 Å². The second-order valence-electron chi connectivity index (χ2n) is 5.17. The van der Waals surface area contributed by atoms with Gasteiger partial charge in [-0.05, 0) is 29.5 Å². The predicted octanol–water partition coefficient (Wildman–Crippen LogP) is 3.11. The van der Waals surface area contributed by atoms with Gasteiger partial charge >= 0.3 is 5.97 Å². The Hall–Kier alpha value is -2.34. The molecule has 6 heteroatoms. The summed E-state index contributed by atoms with van der Waals surface area (Å²) >= 11 is 1.48. The van der Waals surface area contributed by atoms with Crippen molar-refractivity contribution >= 4 is 23.2 Å². The number of esters is 1. The van der Waals surface area contributed by atoms with Gasteiger partial charge in [-0.15, -0.1) is 11.3 Å². The average molecular weight is 347 g/mol. The molecule has 24 heavy (non-hydrogen) atoms. The number of hydrogen-bond acceptors (Lipinski definition) is 5. The van der Waals surface area contributed by atoms with Gasteiger partial charge in [-0.25, -0.2) is 0 Å². The van der Waals surface area contributed by atoms with Gasteiger partial charge in [0.1, 0.15) is 5.75 Å². The predicted molar refractivity (Wildman–Crippen MR) is 93.2 cm³/mol. The first kappa shape index (κ1) is 18.0. The van der Waals surface area contributed by atoms with Crippen molar-refractivity contribution in [2.75, 3.05) is 13.7 Å². The molecule has 0 bridgehead atoms. The molecule has 1 unspecified atom stereocenters. The van der Waals surface area contributed by atoms with Crippen LogP contribution in [0.5, 0.6) is 5.75 Å². The number of carbonyl (C=O) groups is 2. The summed E-state index contributed by atoms with van der Waals surface area (Å²) in [7, 11) is 1.33. The maximum atomic E-state index is 12.2. The highest BCUT2D eigenvalue weighted by atomic mass is 32.1. The van der Waals surface area contributed by atoms with E-state index in [1.54, 1.807) is 0 Å². The molecule has 0 spiro atoms. The summed E-state index contributed by atoms with van der Waals surface area (Å²) in [5.41, 5.74) is 1.05. The number of ether oxygens (including phenoxy) is 2. The number of aryl methyl sites for hydroxylation is 1. The van der Waals surface area contributed by atoms with Crippen LogP contribution in [0.4, 0.5) is 0 Å². The Morgan fingerprint density at radius 2 is 2.00 bits per heavy atom. The van der Waals surface area contributed by atoms with Crippen molar-refractivity contribution < 1.29 is 19.1 Å². The smallest absolute Gasteiger partial charge is 0.307 e. The number of benzene rings is 1. The molecule has 2 aromatic rings. The van der Waals surface area contributed by atoms with E-state index in [-0.39, 0.29) is 24.9 Å². The Balaban J connectivity index is 1.96. The van der Waals surface area contributed by atoms with Gasteiger partial charge in [-0.1, -0.05) is 31.2 Å². The van der Waals surface area contributed by atoms with Crippen LogP contribution in [-0.2, 0) is 20.7 Å². The van der Waals surface area contributed by atoms with Gasteiger partial charge in [0.05, 0.1) is 19.6 Å². The second kappa shape index (κ2) is 9.08. The van der Waals surface area contributed by atoms with E-state index in [1.807, 2.05) is 48.7 Å². The maximum Gasteiger partial charge on any atom is 0.307 e. The van der Waals surface area contributed by atoms with Crippen molar-refractivity contribution in [2.45, 2.75) is 25.8 Å². The van der Waals surface area contributed by atoms with Crippen molar-refractivity contribution in [1.82, 2.24) is 5.32 Å². The minimum atomic E-state index is -0.407. The summed E-state index contributed by atoms with van der Waals surface area (Å²) in [4.78, 5) is 24.7. The Kier molecular flexibility index (Phi) is 6.81. The lowest BCUT2D eigenvalue weighted by molar-refractivity contribution is -0.141. The molecule has 128 valence electrons. The summed E-state index contributed by atoms with van der Waals surface area (Å²) in [6.45, 7) is 1.94. The Morgan fingerprint density at radius 3 is 2.67 bits per heavy atom. The molecule has 1 aromatic carbocycles. The minimum absolute atomic E-state index is 0.0916. The molecule has 0 aliphatic rings. The van der Waals surface area contributed by atoms with Crippen molar-refractivity contribution in [2.24, 2.45) is 0 Å². The third-order valence-electron chi connectivity index (χ3n) is 3.53. The van der Waals surface area contributed by atoms with E-state index in [0.29, 0.717) is 5.75 Å². The van der Waals surface area contributed by atoms with E-state index in [2.05, 4.69) is 5.32 Å². The highest BCUT2D eigenvalue weighted by Crippen LogP contribution is 2.23. The molecular weight excluding hydrogens is 326 g/mol. The quantitative estimate of drug-likeness (QED) is 0.745. The molecular formula is C18H21NO4S. The number of hydrogen-bond donors (Lipinski definition) is 1. The molecule has 0 radical (unpaired) electrons. The number of thiophene rings is 1. The molecule has 1 N–H and O–H groups in total. The van der Waals surface area contributed by atoms with Crippen LogP contribution in [0.1, 0.15) is 29.8 Å². The van der Waals surface area contributed by atoms with Gasteiger partial charge in [0, 0.05) is 4.88 Å². The number of rotatable bonds is 8. The zero-order valence-electron chi connectivity index (χ0n) is 13.8. The fourth-order valence-electron chi connectivity index (χ4n) is 2.28. The summed E-state index contributed by atoms with van der Waals surface area (Å²) in [6.07, 6.45) is 0.923. The number of para-hydroxylation sites is 1. The molecule has 1 amide bonds. The standard InChI is InChI=1S/C18H21NO4S/c1-3-13-7-4-5-8-15(13)23-12-17(20)19-14(11-18(21)22-2)16-9-6-10-24-16/h4-10,14H,3,11-12H2,1-2H3,(H,19,20). The summed E-state index contributed by atoms with van der Waals surface area (Å²) in [5.74, 6) is 0.0601. The zero-order valence-corrected chi connectivity index (χ0v) is 14.6. The lowest BCUT2D eigenvalue weighted by atomic mass is 10.1. The average Bonchev–Trinajstić information content (AvgIpc) is 3.14. The third-order valence-corrected chi connectivity index (χ3v) is 4.52. The fraction of sp³-hybridized carbons (Fsp3) is 0.333. The molecule has 2 rings (SSSR count). The van der Waals surface area contributed by atoms with Crippen molar-refractivity contribution in [3.8, 4) is 5.75 Å². The van der Waals surface area contributed by atoms with E-state index >= 15 is 0 Å². The van der Waals surface area contributed by atoms with Gasteiger partial charge in [0.15, 0.2) is 6.61 Å². The monoisotopic (exact) mass is 347 g/mol. The Labute approximate surface area is 145 Å². The Bertz CT molecular complexity index is 669. The number of carbonyl (C=O) groups excluding carboxylic acids is 2. The first-order valence-electron chi connectivity index (χ1n) is 7.74. The van der Waals surface area contributed by atoms with E-state index < -0.39 is 6.04 Å². The second-order valence-corrected chi connectivity index (χ2v) is 6.14. The van der Waals surface area contributed by atoms with Crippen LogP contribution in [0.25, 0.3) is 0 Å². The number of methoxy groups -OCH3 is 1. The Morgan fingerprint density at radius 1 is 1.21 bits per heavy atom. The zero-order chi connectivity index (χ0) is 17.4. The summed E-state index contributed by atoms with van der Waals surface area (Å²) in [5, 5.41) is 4.74. The molecule has 1 aromatic heterocycles. The topological polar surface area (TPSA) is 64.6 Å². The molecule has 5 nitrogen and oxygen atoms in total. The van der Waals surface area contributed by atoms with Crippen LogP contribution in [-0.4, -0.2) is 25.6 Å². The molecule has 0 saturated heterocycles. The lowest BCUT2D eigenvalue weighted by Crippen LogP contribution is -2.33. The van der Waals surface area contributed by atoms with Gasteiger partial charge in [0.2, 0.25) is 0 Å². The maximum absolute atomic E-state index is 12.2. The number of amides is 1. The first-order chi connectivity index (χ1) is 11.6. The van der Waals surface area contributed by atoms with Crippen LogP contribution in [0.2, 0.25) is 0 Å². The molecule has 0 aliphatic carbocycles. The van der Waals surface area contributed by atoms with Crippen molar-refractivity contribution in [3.63, 3.8) is 0 Å². The summed E-state index contributed by atoms with van der Waals surface area (Å²) < 4.78 is 10.3. The van der Waals surface area contributed by atoms with E-state index in [0.717, 1.165) is 16.9 Å². The van der Waals surface area contributed by atoms with Crippen molar-refractivity contribution in [3.05, 3.63) is 52.2 Å². The van der Waals surface area contributed by atoms with Crippen LogP contribution < -0.4 is 10.1 Å². The van der Waals surface area contributed by atoms with Crippen LogP contribution in [0.3, 0.4) is 0 Å². The van der Waals surface area contributed by atoms with Gasteiger partial charge in [0.25, 0.3) is 5.91 Å².